The highest BCUT2D eigenvalue weighted by atomic mass is 35.5. The second-order valence-corrected chi connectivity index (χ2v) is 8.98. The van der Waals surface area contributed by atoms with Gasteiger partial charge in [-0.3, -0.25) is 14.5 Å². The molecule has 0 saturated carbocycles. The number of carbonyl (C=O) groups excluding carboxylic acids is 3. The van der Waals surface area contributed by atoms with E-state index in [0.717, 1.165) is 29.3 Å². The highest BCUT2D eigenvalue weighted by Crippen LogP contribution is 2.30. The number of ketones is 1. The first-order valence-corrected chi connectivity index (χ1v) is 11.2. The third kappa shape index (κ3) is 4.31. The highest BCUT2D eigenvalue weighted by Gasteiger charge is 2.49. The number of carbonyl (C=O) groups is 3. The van der Waals surface area contributed by atoms with E-state index in [9.17, 15) is 14.4 Å². The first-order valence-electron chi connectivity index (χ1n) is 10.8. The van der Waals surface area contributed by atoms with E-state index in [2.05, 4.69) is 22.0 Å². The predicted octanol–water partition coefficient (Wildman–Crippen LogP) is 4.65. The largest absolute Gasteiger partial charge is 0.348 e. The standard InChI is InChI=1S/C26H26ClN3O3/c1-17-15-22(18(2)29(17)14-13-19-7-5-4-6-8-19)23(31)16-30-24(32)26(3,28-25(30)33)20-9-11-21(27)12-10-20/h4-12,15H,13-14,16H2,1-3H3,(H,28,33). The van der Waals surface area contributed by atoms with Crippen LogP contribution in [0.2, 0.25) is 5.02 Å². The monoisotopic (exact) mass is 463 g/mol. The van der Waals surface area contributed by atoms with Gasteiger partial charge in [0.2, 0.25) is 0 Å². The molecule has 0 bridgehead atoms. The van der Waals surface area contributed by atoms with Crippen LogP contribution in [-0.4, -0.2) is 33.7 Å². The summed E-state index contributed by atoms with van der Waals surface area (Å²) in [5.41, 5.74) is 2.92. The van der Waals surface area contributed by atoms with Crippen molar-refractivity contribution in [1.29, 1.82) is 0 Å². The Kier molecular flexibility index (Phi) is 6.13. The van der Waals surface area contributed by atoms with Gasteiger partial charge in [0, 0.05) is 28.5 Å². The number of benzene rings is 2. The zero-order valence-corrected chi connectivity index (χ0v) is 19.6. The summed E-state index contributed by atoms with van der Waals surface area (Å²) in [6.45, 7) is 5.93. The Morgan fingerprint density at radius 3 is 2.36 bits per heavy atom. The van der Waals surface area contributed by atoms with E-state index in [1.54, 1.807) is 31.2 Å². The Morgan fingerprint density at radius 1 is 1.03 bits per heavy atom. The number of aromatic nitrogens is 1. The molecule has 0 aliphatic carbocycles. The van der Waals surface area contributed by atoms with Gasteiger partial charge in [0.05, 0.1) is 6.54 Å². The van der Waals surface area contributed by atoms with E-state index >= 15 is 0 Å². The average molecular weight is 464 g/mol. The summed E-state index contributed by atoms with van der Waals surface area (Å²) in [6, 6.07) is 18.1. The second kappa shape index (κ2) is 8.87. The Morgan fingerprint density at radius 2 is 1.70 bits per heavy atom. The van der Waals surface area contributed by atoms with Gasteiger partial charge in [-0.25, -0.2) is 4.79 Å². The molecule has 1 saturated heterocycles. The molecule has 0 radical (unpaired) electrons. The molecule has 3 aromatic rings. The maximum atomic E-state index is 13.2. The number of amides is 3. The summed E-state index contributed by atoms with van der Waals surface area (Å²) in [6.07, 6.45) is 0.845. The lowest BCUT2D eigenvalue weighted by atomic mass is 9.92. The number of imide groups is 1. The molecule has 4 rings (SSSR count). The summed E-state index contributed by atoms with van der Waals surface area (Å²) >= 11 is 5.95. The van der Waals surface area contributed by atoms with Gasteiger partial charge in [-0.05, 0) is 56.5 Å². The minimum absolute atomic E-state index is 0.266. The molecule has 7 heteroatoms. The smallest absolute Gasteiger partial charge is 0.325 e. The molecular weight excluding hydrogens is 438 g/mol. The number of hydrogen-bond acceptors (Lipinski definition) is 3. The molecule has 2 heterocycles. The minimum Gasteiger partial charge on any atom is -0.348 e. The van der Waals surface area contributed by atoms with Gasteiger partial charge < -0.3 is 9.88 Å². The number of nitrogens with one attached hydrogen (secondary N) is 1. The molecular formula is C26H26ClN3O3. The van der Waals surface area contributed by atoms with Crippen molar-refractivity contribution >= 4 is 29.3 Å². The number of nitrogens with zero attached hydrogens (tertiary/aromatic N) is 2. The van der Waals surface area contributed by atoms with Crippen LogP contribution in [0.15, 0.2) is 60.7 Å². The molecule has 1 fully saturated rings. The maximum absolute atomic E-state index is 13.2. The molecule has 170 valence electrons. The van der Waals surface area contributed by atoms with Crippen LogP contribution >= 0.6 is 11.6 Å². The third-order valence-corrected chi connectivity index (χ3v) is 6.59. The van der Waals surface area contributed by atoms with Crippen molar-refractivity contribution in [3.8, 4) is 0 Å². The van der Waals surface area contributed by atoms with Crippen LogP contribution in [0.25, 0.3) is 0 Å². The molecule has 3 amide bonds. The summed E-state index contributed by atoms with van der Waals surface area (Å²) < 4.78 is 2.10. The summed E-state index contributed by atoms with van der Waals surface area (Å²) in [5, 5.41) is 3.27. The van der Waals surface area contributed by atoms with Crippen molar-refractivity contribution in [2.45, 2.75) is 39.3 Å². The zero-order valence-electron chi connectivity index (χ0n) is 18.9. The number of halogens is 1. The van der Waals surface area contributed by atoms with Crippen LogP contribution < -0.4 is 5.32 Å². The second-order valence-electron chi connectivity index (χ2n) is 8.55. The molecule has 2 aromatic carbocycles. The van der Waals surface area contributed by atoms with Gasteiger partial charge in [-0.2, -0.15) is 0 Å². The van der Waals surface area contributed by atoms with E-state index < -0.39 is 17.5 Å². The third-order valence-electron chi connectivity index (χ3n) is 6.34. The number of aryl methyl sites for hydroxylation is 2. The lowest BCUT2D eigenvalue weighted by Crippen LogP contribution is -2.41. The van der Waals surface area contributed by atoms with E-state index in [0.29, 0.717) is 16.1 Å². The Balaban J connectivity index is 1.50. The van der Waals surface area contributed by atoms with Crippen LogP contribution in [0.4, 0.5) is 4.79 Å². The summed E-state index contributed by atoms with van der Waals surface area (Å²) in [5.74, 6) is -0.723. The average Bonchev–Trinajstić information content (AvgIpc) is 3.20. The molecule has 1 atom stereocenters. The highest BCUT2D eigenvalue weighted by molar-refractivity contribution is 6.30. The van der Waals surface area contributed by atoms with Crippen molar-refractivity contribution < 1.29 is 14.4 Å². The molecule has 1 aromatic heterocycles. The fourth-order valence-corrected chi connectivity index (χ4v) is 4.49. The van der Waals surface area contributed by atoms with Crippen molar-refractivity contribution in [1.82, 2.24) is 14.8 Å². The first-order chi connectivity index (χ1) is 15.7. The fraction of sp³-hybridized carbons (Fsp3) is 0.269. The minimum atomic E-state index is -1.24. The zero-order chi connectivity index (χ0) is 23.8. The van der Waals surface area contributed by atoms with Gasteiger partial charge in [0.25, 0.3) is 5.91 Å². The van der Waals surface area contributed by atoms with Crippen molar-refractivity contribution in [2.75, 3.05) is 6.54 Å². The van der Waals surface area contributed by atoms with E-state index in [4.69, 9.17) is 11.6 Å². The number of rotatable bonds is 7. The van der Waals surface area contributed by atoms with Crippen LogP contribution in [0, 0.1) is 13.8 Å². The lowest BCUT2D eigenvalue weighted by molar-refractivity contribution is -0.130. The molecule has 6 nitrogen and oxygen atoms in total. The normalized spacial score (nSPS) is 18.0. The van der Waals surface area contributed by atoms with Crippen molar-refractivity contribution in [2.24, 2.45) is 0 Å². The molecule has 1 N–H and O–H groups in total. The van der Waals surface area contributed by atoms with Crippen molar-refractivity contribution in [3.05, 3.63) is 93.8 Å². The predicted molar refractivity (Wildman–Crippen MR) is 127 cm³/mol. The van der Waals surface area contributed by atoms with E-state index in [1.807, 2.05) is 38.1 Å². The quantitative estimate of drug-likeness (QED) is 0.409. The van der Waals surface area contributed by atoms with Crippen molar-refractivity contribution in [3.63, 3.8) is 0 Å². The Labute approximate surface area is 198 Å². The first kappa shape index (κ1) is 22.8. The van der Waals surface area contributed by atoms with Crippen LogP contribution in [-0.2, 0) is 23.3 Å². The van der Waals surface area contributed by atoms with Gasteiger partial charge >= 0.3 is 6.03 Å². The van der Waals surface area contributed by atoms with Crippen LogP contribution in [0.5, 0.6) is 0 Å². The van der Waals surface area contributed by atoms with E-state index in [1.165, 1.54) is 5.56 Å². The lowest BCUT2D eigenvalue weighted by Gasteiger charge is -2.22. The Bertz CT molecular complexity index is 1220. The topological polar surface area (TPSA) is 71.4 Å². The Hall–Kier alpha value is -3.38. The van der Waals surface area contributed by atoms with Crippen LogP contribution in [0.3, 0.4) is 0 Å². The number of hydrogen-bond donors (Lipinski definition) is 1. The molecule has 1 unspecified atom stereocenters. The van der Waals surface area contributed by atoms with Gasteiger partial charge in [-0.1, -0.05) is 54.1 Å². The molecule has 0 spiro atoms. The maximum Gasteiger partial charge on any atom is 0.325 e. The van der Waals surface area contributed by atoms with Crippen LogP contribution in [0.1, 0.15) is 39.8 Å². The molecule has 33 heavy (non-hydrogen) atoms. The summed E-state index contributed by atoms with van der Waals surface area (Å²) in [7, 11) is 0. The molecule has 1 aliphatic heterocycles. The fourth-order valence-electron chi connectivity index (χ4n) is 4.36. The van der Waals surface area contributed by atoms with Gasteiger partial charge in [0.15, 0.2) is 5.78 Å². The summed E-state index contributed by atoms with van der Waals surface area (Å²) in [4.78, 5) is 39.9. The van der Waals surface area contributed by atoms with E-state index in [-0.39, 0.29) is 12.3 Å². The SMILES string of the molecule is Cc1cc(C(=O)CN2C(=O)NC(C)(c3ccc(Cl)cc3)C2=O)c(C)n1CCc1ccccc1. The van der Waals surface area contributed by atoms with Gasteiger partial charge in [-0.15, -0.1) is 0 Å². The van der Waals surface area contributed by atoms with Gasteiger partial charge in [0.1, 0.15) is 5.54 Å². The number of Topliss-reactive ketones (excluding diaryl/α,β-unsaturated/α-hetero) is 1. The number of urea groups is 1. The molecule has 1 aliphatic rings.